The van der Waals surface area contributed by atoms with Crippen LogP contribution < -0.4 is 0 Å². The minimum Gasteiger partial charge on any atom is -0.299 e. The van der Waals surface area contributed by atoms with Gasteiger partial charge in [0.1, 0.15) is 5.78 Å². The van der Waals surface area contributed by atoms with Crippen LogP contribution in [0.1, 0.15) is 38.7 Å². The highest BCUT2D eigenvalue weighted by Gasteiger charge is 2.25. The quantitative estimate of drug-likeness (QED) is 0.812. The molecular weight excluding hydrogens is 270 g/mol. The van der Waals surface area contributed by atoms with Gasteiger partial charge in [0.15, 0.2) is 0 Å². The zero-order valence-electron chi connectivity index (χ0n) is 12.4. The summed E-state index contributed by atoms with van der Waals surface area (Å²) in [5.41, 5.74) is 1.18. The van der Waals surface area contributed by atoms with Gasteiger partial charge in [0.2, 0.25) is 0 Å². The van der Waals surface area contributed by atoms with Crippen LogP contribution in [0.2, 0.25) is 5.02 Å². The summed E-state index contributed by atoms with van der Waals surface area (Å²) in [7, 11) is 0. The summed E-state index contributed by atoms with van der Waals surface area (Å²) < 4.78 is 0. The zero-order valence-corrected chi connectivity index (χ0v) is 13.2. The molecule has 3 heteroatoms. The van der Waals surface area contributed by atoms with Crippen molar-refractivity contribution in [3.63, 3.8) is 0 Å². The lowest BCUT2D eigenvalue weighted by molar-refractivity contribution is -0.125. The Hall–Kier alpha value is -0.860. The third-order valence-corrected chi connectivity index (χ3v) is 4.37. The molecule has 1 aliphatic rings. The molecule has 0 atom stereocenters. The number of Topliss-reactive ketones (excluding diaryl/α,β-unsaturated/α-hetero) is 1. The zero-order chi connectivity index (χ0) is 14.5. The van der Waals surface area contributed by atoms with Crippen LogP contribution in [0.25, 0.3) is 0 Å². The molecule has 0 radical (unpaired) electrons. The van der Waals surface area contributed by atoms with Crippen molar-refractivity contribution in [2.75, 3.05) is 13.1 Å². The monoisotopic (exact) mass is 293 g/mol. The van der Waals surface area contributed by atoms with Gasteiger partial charge >= 0.3 is 0 Å². The second-order valence-corrected chi connectivity index (χ2v) is 6.61. The van der Waals surface area contributed by atoms with Crippen molar-refractivity contribution in [3.05, 3.63) is 34.9 Å². The first kappa shape index (κ1) is 15.5. The van der Waals surface area contributed by atoms with Crippen molar-refractivity contribution < 1.29 is 4.79 Å². The van der Waals surface area contributed by atoms with Crippen molar-refractivity contribution in [2.45, 2.75) is 39.7 Å². The molecule has 1 aromatic carbocycles. The Morgan fingerprint density at radius 3 is 2.55 bits per heavy atom. The van der Waals surface area contributed by atoms with Crippen LogP contribution in [0.15, 0.2) is 24.3 Å². The fraction of sp³-hybridized carbons (Fsp3) is 0.588. The molecule has 0 aliphatic carbocycles. The summed E-state index contributed by atoms with van der Waals surface area (Å²) in [5, 5.41) is 0.838. The Kier molecular flexibility index (Phi) is 5.62. The first-order chi connectivity index (χ1) is 9.56. The summed E-state index contributed by atoms with van der Waals surface area (Å²) in [5.74, 6) is 1.21. The van der Waals surface area contributed by atoms with Crippen LogP contribution in [-0.4, -0.2) is 23.8 Å². The minimum atomic E-state index is 0.278. The highest BCUT2D eigenvalue weighted by molar-refractivity contribution is 6.31. The molecule has 1 fully saturated rings. The van der Waals surface area contributed by atoms with Crippen LogP contribution in [0.4, 0.5) is 0 Å². The average Bonchev–Trinajstić information content (AvgIpc) is 2.41. The first-order valence-corrected chi connectivity index (χ1v) is 7.92. The molecule has 0 aromatic heterocycles. The SMILES string of the molecule is CC(C)CC(=O)C1CCN(Cc2ccccc2Cl)CC1. The van der Waals surface area contributed by atoms with Gasteiger partial charge in [0.25, 0.3) is 0 Å². The third-order valence-electron chi connectivity index (χ3n) is 4.00. The van der Waals surface area contributed by atoms with E-state index in [4.69, 9.17) is 11.6 Å². The molecule has 1 aromatic rings. The van der Waals surface area contributed by atoms with Gasteiger partial charge in [0, 0.05) is 23.9 Å². The Labute approximate surface area is 127 Å². The number of likely N-dealkylation sites (tertiary alicyclic amines) is 1. The largest absolute Gasteiger partial charge is 0.299 e. The molecule has 0 amide bonds. The summed E-state index contributed by atoms with van der Waals surface area (Å²) >= 11 is 6.20. The number of rotatable bonds is 5. The maximum atomic E-state index is 12.1. The molecule has 2 nitrogen and oxygen atoms in total. The molecule has 0 bridgehead atoms. The second-order valence-electron chi connectivity index (χ2n) is 6.21. The summed E-state index contributed by atoms with van der Waals surface area (Å²) in [6, 6.07) is 8.01. The molecule has 1 saturated heterocycles. The van der Waals surface area contributed by atoms with E-state index in [1.807, 2.05) is 18.2 Å². The van der Waals surface area contributed by atoms with Crippen molar-refractivity contribution in [2.24, 2.45) is 11.8 Å². The minimum absolute atomic E-state index is 0.278. The van der Waals surface area contributed by atoms with Crippen molar-refractivity contribution in [3.8, 4) is 0 Å². The number of hydrogen-bond acceptors (Lipinski definition) is 2. The number of hydrogen-bond donors (Lipinski definition) is 0. The topological polar surface area (TPSA) is 20.3 Å². The molecule has 1 aliphatic heterocycles. The number of nitrogens with zero attached hydrogens (tertiary/aromatic N) is 1. The first-order valence-electron chi connectivity index (χ1n) is 7.54. The number of carbonyl (C=O) groups excluding carboxylic acids is 1. The molecule has 110 valence electrons. The number of piperidine rings is 1. The maximum Gasteiger partial charge on any atom is 0.136 e. The van der Waals surface area contributed by atoms with E-state index in [1.165, 1.54) is 5.56 Å². The van der Waals surface area contributed by atoms with Crippen LogP contribution in [-0.2, 0) is 11.3 Å². The van der Waals surface area contributed by atoms with Crippen molar-refractivity contribution >= 4 is 17.4 Å². The van der Waals surface area contributed by atoms with Gasteiger partial charge in [-0.3, -0.25) is 9.69 Å². The summed E-state index contributed by atoms with van der Waals surface area (Å²) in [4.78, 5) is 14.5. The van der Waals surface area contributed by atoms with E-state index >= 15 is 0 Å². The van der Waals surface area contributed by atoms with E-state index in [2.05, 4.69) is 24.8 Å². The van der Waals surface area contributed by atoms with Crippen molar-refractivity contribution in [1.29, 1.82) is 0 Å². The summed E-state index contributed by atoms with van der Waals surface area (Å²) in [6.07, 6.45) is 2.72. The highest BCUT2D eigenvalue weighted by atomic mass is 35.5. The Bertz CT molecular complexity index is 450. The van der Waals surface area contributed by atoms with Gasteiger partial charge in [0.05, 0.1) is 0 Å². The van der Waals surface area contributed by atoms with E-state index < -0.39 is 0 Å². The normalized spacial score (nSPS) is 17.6. The number of ketones is 1. The number of benzene rings is 1. The molecule has 0 saturated carbocycles. The van der Waals surface area contributed by atoms with E-state index in [-0.39, 0.29) is 5.92 Å². The van der Waals surface area contributed by atoms with E-state index in [1.54, 1.807) is 0 Å². The lowest BCUT2D eigenvalue weighted by Crippen LogP contribution is -2.36. The summed E-state index contributed by atoms with van der Waals surface area (Å²) in [6.45, 7) is 7.12. The lowest BCUT2D eigenvalue weighted by Gasteiger charge is -2.31. The van der Waals surface area contributed by atoms with E-state index in [0.29, 0.717) is 11.7 Å². The molecule has 20 heavy (non-hydrogen) atoms. The van der Waals surface area contributed by atoms with E-state index in [9.17, 15) is 4.79 Å². The molecule has 0 N–H and O–H groups in total. The lowest BCUT2D eigenvalue weighted by atomic mass is 9.88. The Morgan fingerprint density at radius 2 is 1.95 bits per heavy atom. The van der Waals surface area contributed by atoms with Gasteiger partial charge in [-0.15, -0.1) is 0 Å². The fourth-order valence-electron chi connectivity index (χ4n) is 2.85. The Morgan fingerprint density at radius 1 is 1.30 bits per heavy atom. The van der Waals surface area contributed by atoms with Crippen LogP contribution in [0.5, 0.6) is 0 Å². The average molecular weight is 294 g/mol. The van der Waals surface area contributed by atoms with Gasteiger partial charge in [-0.1, -0.05) is 43.6 Å². The Balaban J connectivity index is 1.83. The predicted octanol–water partition coefficient (Wildman–Crippen LogP) is 4.17. The number of halogens is 1. The molecule has 1 heterocycles. The predicted molar refractivity (Wildman–Crippen MR) is 83.9 cm³/mol. The second kappa shape index (κ2) is 7.24. The van der Waals surface area contributed by atoms with Crippen molar-refractivity contribution in [1.82, 2.24) is 4.90 Å². The fourth-order valence-corrected chi connectivity index (χ4v) is 3.05. The molecular formula is C17H24ClNO. The van der Waals surface area contributed by atoms with Gasteiger partial charge in [-0.2, -0.15) is 0 Å². The van der Waals surface area contributed by atoms with Gasteiger partial charge in [-0.05, 0) is 43.5 Å². The van der Waals surface area contributed by atoms with Crippen LogP contribution in [0, 0.1) is 11.8 Å². The van der Waals surface area contributed by atoms with Gasteiger partial charge < -0.3 is 0 Å². The molecule has 0 unspecified atom stereocenters. The van der Waals surface area contributed by atoms with Crippen LogP contribution in [0.3, 0.4) is 0 Å². The molecule has 2 rings (SSSR count). The van der Waals surface area contributed by atoms with E-state index in [0.717, 1.165) is 43.9 Å². The van der Waals surface area contributed by atoms with Gasteiger partial charge in [-0.25, -0.2) is 0 Å². The molecule has 0 spiro atoms. The smallest absolute Gasteiger partial charge is 0.136 e. The maximum absolute atomic E-state index is 12.1. The third kappa shape index (κ3) is 4.32. The number of carbonyl (C=O) groups is 1. The standard InChI is InChI=1S/C17H24ClNO/c1-13(2)11-17(20)14-7-9-19(10-8-14)12-15-5-3-4-6-16(15)18/h3-6,13-14H,7-12H2,1-2H3. The van der Waals surface area contributed by atoms with Crippen LogP contribution >= 0.6 is 11.6 Å². The highest BCUT2D eigenvalue weighted by Crippen LogP contribution is 2.24.